The van der Waals surface area contributed by atoms with Gasteiger partial charge in [-0.05, 0) is 128 Å². The summed E-state index contributed by atoms with van der Waals surface area (Å²) in [6, 6.07) is 34.3. The Bertz CT molecular complexity index is 2690. The summed E-state index contributed by atoms with van der Waals surface area (Å²) < 4.78 is 2.19. The van der Waals surface area contributed by atoms with Gasteiger partial charge in [-0.25, -0.2) is 0 Å². The van der Waals surface area contributed by atoms with Gasteiger partial charge in [-0.15, -0.1) is 21.5 Å². The summed E-state index contributed by atoms with van der Waals surface area (Å²) in [6.45, 7) is 14.5. The number of benzene rings is 4. The fourth-order valence-corrected chi connectivity index (χ4v) is 11.5. The summed E-state index contributed by atoms with van der Waals surface area (Å²) in [7, 11) is -1.48. The number of thiophene rings is 1. The third kappa shape index (κ3) is 7.97. The number of rotatable bonds is 8. The molecule has 0 bridgehead atoms. The Morgan fingerprint density at radius 3 is 2.10 bits per heavy atom. The third-order valence-electron chi connectivity index (χ3n) is 14.0. The van der Waals surface area contributed by atoms with Crippen molar-refractivity contribution in [3.8, 4) is 5.00 Å². The Kier molecular flexibility index (Phi) is 11.2. The van der Waals surface area contributed by atoms with Gasteiger partial charge in [-0.3, -0.25) is 14.5 Å². The second kappa shape index (κ2) is 17.0. The highest BCUT2D eigenvalue weighted by Crippen LogP contribution is 2.41. The summed E-state index contributed by atoms with van der Waals surface area (Å²) in [5.41, 5.74) is 14.1. The standard InChI is InChI=1S/C51H56BN7O3S/c1-33-35(3)63-50-46(33)48(53-34(2)49-55-54-36(4)59(49)50)39-15-20-42(21-16-39)57-25-23-51(60,24-26-57)32-56-27-29-58(30-28-56)43-18-13-38(14-19-43)47-44(37-9-6-5-7-10-37)12-8-11-40-31-41(52(61)62)17-22-45(40)47/h5-7,9-10,13-22,31,34,60-62H,8,11-12,23-30,32H2,1-4H3/t34-/m0/s1. The molecule has 2 aromatic heterocycles. The third-order valence-corrected chi connectivity index (χ3v) is 15.2. The van der Waals surface area contributed by atoms with Crippen LogP contribution in [0.2, 0.25) is 0 Å². The van der Waals surface area contributed by atoms with Crippen molar-refractivity contribution < 1.29 is 15.2 Å². The van der Waals surface area contributed by atoms with Gasteiger partial charge >= 0.3 is 7.12 Å². The van der Waals surface area contributed by atoms with Gasteiger partial charge in [0.15, 0.2) is 5.82 Å². The molecule has 2 fully saturated rings. The number of anilines is 2. The van der Waals surface area contributed by atoms with E-state index in [-0.39, 0.29) is 6.04 Å². The van der Waals surface area contributed by atoms with E-state index in [1.807, 2.05) is 19.1 Å². The first-order valence-electron chi connectivity index (χ1n) is 22.6. The van der Waals surface area contributed by atoms with E-state index in [1.165, 1.54) is 55.2 Å². The molecule has 1 atom stereocenters. The molecule has 4 aliphatic rings. The van der Waals surface area contributed by atoms with Gasteiger partial charge in [-0.2, -0.15) is 0 Å². The molecule has 0 spiro atoms. The van der Waals surface area contributed by atoms with Crippen LogP contribution in [0.5, 0.6) is 0 Å². The number of aryl methyl sites for hydroxylation is 3. The number of piperidine rings is 1. The highest BCUT2D eigenvalue weighted by atomic mass is 32.1. The predicted octanol–water partition coefficient (Wildman–Crippen LogP) is 7.29. The van der Waals surface area contributed by atoms with Crippen molar-refractivity contribution in [2.24, 2.45) is 4.99 Å². The average Bonchev–Trinajstić information content (AvgIpc) is 3.70. The highest BCUT2D eigenvalue weighted by Gasteiger charge is 2.36. The smallest absolute Gasteiger partial charge is 0.423 e. The second-order valence-corrected chi connectivity index (χ2v) is 19.2. The summed E-state index contributed by atoms with van der Waals surface area (Å²) >= 11 is 1.79. The molecule has 5 heterocycles. The van der Waals surface area contributed by atoms with Gasteiger partial charge in [0.1, 0.15) is 16.9 Å². The average molecular weight is 858 g/mol. The minimum Gasteiger partial charge on any atom is -0.423 e. The van der Waals surface area contributed by atoms with E-state index >= 15 is 0 Å². The van der Waals surface area contributed by atoms with Crippen molar-refractivity contribution in [2.75, 3.05) is 55.6 Å². The molecule has 0 amide bonds. The van der Waals surface area contributed by atoms with Gasteiger partial charge in [0, 0.05) is 73.2 Å². The van der Waals surface area contributed by atoms with Crippen molar-refractivity contribution in [1.29, 1.82) is 0 Å². The number of hydrogen-bond donors (Lipinski definition) is 3. The zero-order chi connectivity index (χ0) is 43.4. The predicted molar refractivity (Wildman–Crippen MR) is 257 cm³/mol. The minimum atomic E-state index is -1.48. The van der Waals surface area contributed by atoms with Crippen LogP contribution in [0, 0.1) is 20.8 Å². The molecule has 6 aromatic rings. The number of aliphatic imine (C=N–C) groups is 1. The van der Waals surface area contributed by atoms with Crippen LogP contribution in [0.4, 0.5) is 11.4 Å². The van der Waals surface area contributed by atoms with Gasteiger partial charge in [0.2, 0.25) is 0 Å². The fourth-order valence-electron chi connectivity index (χ4n) is 10.3. The summed E-state index contributed by atoms with van der Waals surface area (Å²) in [4.78, 5) is 13.8. The number of aromatic nitrogens is 3. The largest absolute Gasteiger partial charge is 0.488 e. The van der Waals surface area contributed by atoms with E-state index in [1.54, 1.807) is 11.3 Å². The Labute approximate surface area is 375 Å². The van der Waals surface area contributed by atoms with Crippen molar-refractivity contribution in [2.45, 2.75) is 71.4 Å². The number of β-amino-alcohol motifs (C(OH)–C–C–N with tert-alkyl or cyclic N) is 1. The van der Waals surface area contributed by atoms with E-state index in [0.717, 1.165) is 105 Å². The first-order chi connectivity index (χ1) is 30.5. The number of fused-ring (bicyclic) bond motifs is 4. The van der Waals surface area contributed by atoms with Gasteiger partial charge in [-0.1, -0.05) is 72.8 Å². The quantitative estimate of drug-likeness (QED) is 0.137. The van der Waals surface area contributed by atoms with Crippen LogP contribution in [-0.2, 0) is 6.42 Å². The lowest BCUT2D eigenvalue weighted by Crippen LogP contribution is -2.55. The van der Waals surface area contributed by atoms with Crippen LogP contribution in [0.25, 0.3) is 16.1 Å². The van der Waals surface area contributed by atoms with Crippen molar-refractivity contribution in [1.82, 2.24) is 19.7 Å². The molecule has 2 saturated heterocycles. The van der Waals surface area contributed by atoms with Gasteiger partial charge in [0.05, 0.1) is 11.3 Å². The Morgan fingerprint density at radius 1 is 0.746 bits per heavy atom. The van der Waals surface area contributed by atoms with Crippen molar-refractivity contribution in [3.63, 3.8) is 0 Å². The molecule has 0 unspecified atom stereocenters. The summed E-state index contributed by atoms with van der Waals surface area (Å²) in [5, 5.41) is 41.8. The zero-order valence-electron chi connectivity index (χ0n) is 36.8. The molecule has 0 saturated carbocycles. The molecular weight excluding hydrogens is 801 g/mol. The molecule has 3 N–H and O–H groups in total. The molecule has 1 aliphatic carbocycles. The van der Waals surface area contributed by atoms with E-state index < -0.39 is 12.7 Å². The van der Waals surface area contributed by atoms with Crippen LogP contribution in [0.15, 0.2) is 102 Å². The lowest BCUT2D eigenvalue weighted by molar-refractivity contribution is -0.0173. The first-order valence-corrected chi connectivity index (χ1v) is 23.4. The zero-order valence-corrected chi connectivity index (χ0v) is 37.6. The lowest BCUT2D eigenvalue weighted by Gasteiger charge is -2.44. The minimum absolute atomic E-state index is 0.113. The van der Waals surface area contributed by atoms with E-state index in [2.05, 4.69) is 135 Å². The highest BCUT2D eigenvalue weighted by molar-refractivity contribution is 7.15. The number of allylic oxidation sites excluding steroid dienone is 1. The van der Waals surface area contributed by atoms with E-state index in [0.29, 0.717) is 12.0 Å². The molecular formula is C51H56BN7O3S. The Hall–Kier alpha value is -5.37. The van der Waals surface area contributed by atoms with Crippen LogP contribution >= 0.6 is 11.3 Å². The first kappa shape index (κ1) is 41.6. The van der Waals surface area contributed by atoms with E-state index in [4.69, 9.17) is 4.99 Å². The number of nitrogens with zero attached hydrogens (tertiary/aromatic N) is 7. The summed E-state index contributed by atoms with van der Waals surface area (Å²) in [6.07, 6.45) is 4.31. The maximum absolute atomic E-state index is 11.9. The molecule has 63 heavy (non-hydrogen) atoms. The molecule has 3 aliphatic heterocycles. The topological polar surface area (TPSA) is 113 Å². The number of piperazine rings is 1. The number of hydrogen-bond acceptors (Lipinski definition) is 10. The van der Waals surface area contributed by atoms with Gasteiger partial charge in [0.25, 0.3) is 0 Å². The van der Waals surface area contributed by atoms with Crippen molar-refractivity contribution >= 4 is 52.2 Å². The molecule has 4 aromatic carbocycles. The molecule has 0 radical (unpaired) electrons. The maximum Gasteiger partial charge on any atom is 0.488 e. The monoisotopic (exact) mass is 857 g/mol. The summed E-state index contributed by atoms with van der Waals surface area (Å²) in [5.74, 6) is 1.77. The fraction of sp³-hybridized carbons (Fsp3) is 0.353. The lowest BCUT2D eigenvalue weighted by atomic mass is 9.77. The van der Waals surface area contributed by atoms with Crippen LogP contribution in [0.1, 0.15) is 94.1 Å². The second-order valence-electron chi connectivity index (χ2n) is 18.0. The SMILES string of the molecule is Cc1sc2c(c1C)C(c1ccc(N3CCC(O)(CN4CCN(c5ccc(C6=C(c7ccccc7)CCCc7cc(B(O)O)ccc76)cc5)CC4)CC3)cc1)=N[C@@H](C)c1nnc(C)n1-2. The Morgan fingerprint density at radius 2 is 1.41 bits per heavy atom. The maximum atomic E-state index is 11.9. The molecule has 12 heteroatoms. The number of aliphatic hydroxyl groups is 1. The molecule has 10 rings (SSSR count). The van der Waals surface area contributed by atoms with E-state index in [9.17, 15) is 15.2 Å². The normalized spacial score (nSPS) is 18.9. The molecule has 10 nitrogen and oxygen atoms in total. The Balaban J connectivity index is 0.777. The molecule has 322 valence electrons. The van der Waals surface area contributed by atoms with Crippen molar-refractivity contribution in [3.05, 3.63) is 153 Å². The van der Waals surface area contributed by atoms with Crippen LogP contribution in [0.3, 0.4) is 0 Å². The van der Waals surface area contributed by atoms with Crippen LogP contribution < -0.4 is 15.3 Å². The van der Waals surface area contributed by atoms with Crippen LogP contribution in [-0.4, -0.2) is 99.1 Å². The van der Waals surface area contributed by atoms with Gasteiger partial charge < -0.3 is 25.0 Å².